The summed E-state index contributed by atoms with van der Waals surface area (Å²) in [6.45, 7) is 8.38. The Bertz CT molecular complexity index is 456. The summed E-state index contributed by atoms with van der Waals surface area (Å²) in [4.78, 5) is 0. The van der Waals surface area contributed by atoms with Gasteiger partial charge in [-0.3, -0.25) is 0 Å². The van der Waals surface area contributed by atoms with Gasteiger partial charge in [0.25, 0.3) is 0 Å². The van der Waals surface area contributed by atoms with E-state index in [1.165, 1.54) is 26.3 Å². The fraction of sp³-hybridized carbons (Fsp3) is 0.300. The minimum atomic E-state index is -1.99. The maximum absolute atomic E-state index is 6.30. The van der Waals surface area contributed by atoms with Gasteiger partial charge in [-0.05, 0) is 6.92 Å². The van der Waals surface area contributed by atoms with E-state index in [1.54, 1.807) is 6.08 Å². The Morgan fingerprint density at radius 3 is 1.77 bits per heavy atom. The van der Waals surface area contributed by atoms with E-state index >= 15 is 0 Å². The first-order valence-electron chi connectivity index (χ1n) is 7.93. The van der Waals surface area contributed by atoms with Crippen LogP contribution in [-0.4, -0.2) is 27.2 Å². The van der Waals surface area contributed by atoms with Crippen molar-refractivity contribution >= 4 is 27.7 Å². The van der Waals surface area contributed by atoms with Gasteiger partial charge in [-0.1, -0.05) is 6.08 Å². The summed E-state index contributed by atoms with van der Waals surface area (Å²) in [6.07, 6.45) is 5.44. The molecule has 0 aliphatic heterocycles. The zero-order valence-electron chi connectivity index (χ0n) is 13.7. The van der Waals surface area contributed by atoms with E-state index in [4.69, 9.17) is 3.02 Å². The predicted octanol–water partition coefficient (Wildman–Crippen LogP) is 4.19. The minimum absolute atomic E-state index is 0.903. The Kier molecular flexibility index (Phi) is 10.8. The molecule has 2 heteroatoms. The predicted molar refractivity (Wildman–Crippen MR) is 99.3 cm³/mol. The molecule has 0 radical (unpaired) electrons. The molecule has 0 saturated carbocycles. The third kappa shape index (κ3) is 7.29. The summed E-state index contributed by atoms with van der Waals surface area (Å²) >= 11 is -1.99. The summed E-state index contributed by atoms with van der Waals surface area (Å²) in [5.74, 6) is 0. The molecule has 0 aliphatic rings. The van der Waals surface area contributed by atoms with E-state index in [1.807, 2.05) is 6.92 Å². The first-order chi connectivity index (χ1) is 10.8. The Morgan fingerprint density at radius 1 is 0.909 bits per heavy atom. The maximum atomic E-state index is 6.30. The van der Waals surface area contributed by atoms with Crippen molar-refractivity contribution in [2.75, 3.05) is 6.61 Å². The molecule has 0 saturated heterocycles. The van der Waals surface area contributed by atoms with Crippen molar-refractivity contribution in [3.63, 3.8) is 0 Å². The van der Waals surface area contributed by atoms with Crippen LogP contribution >= 0.6 is 0 Å². The van der Waals surface area contributed by atoms with Crippen LogP contribution in [0.25, 0.3) is 0 Å². The van der Waals surface area contributed by atoms with Gasteiger partial charge in [-0.25, -0.2) is 0 Å². The molecular weight excluding hydrogens is 378 g/mol. The molecule has 0 atom stereocenters. The van der Waals surface area contributed by atoms with Crippen LogP contribution in [0.2, 0.25) is 0 Å². The van der Waals surface area contributed by atoms with Crippen LogP contribution in [0, 0.1) is 0 Å². The molecular formula is C20H27OSb. The van der Waals surface area contributed by atoms with Crippen molar-refractivity contribution in [2.45, 2.75) is 33.1 Å². The summed E-state index contributed by atoms with van der Waals surface area (Å²) < 4.78 is 9.12. The van der Waals surface area contributed by atoms with Crippen LogP contribution in [0.3, 0.4) is 0 Å². The normalized spacial score (nSPS) is 9.95. The molecule has 1 nitrogen and oxygen atoms in total. The topological polar surface area (TPSA) is 9.23 Å². The summed E-state index contributed by atoms with van der Waals surface area (Å²) in [5, 5.41) is 0. The summed E-state index contributed by atoms with van der Waals surface area (Å²) in [6, 6.07) is 21.5. The standard InChI is InChI=1S/2C6H5.C5H11O.C3H6.Sb/c2*1-2-4-6-5-3-1;1-2-3-4-5-6;1-3-2;/h2*1-5H;2-5H2,1H3;3H,1H2,2H3;/q;;-1;;+1. The van der Waals surface area contributed by atoms with Gasteiger partial charge in [-0.15, -0.1) is 6.58 Å². The second-order valence-corrected chi connectivity index (χ2v) is 10.3. The van der Waals surface area contributed by atoms with Gasteiger partial charge in [0.1, 0.15) is 0 Å². The molecule has 0 aliphatic carbocycles. The number of rotatable bonds is 7. The van der Waals surface area contributed by atoms with Crippen molar-refractivity contribution in [3.05, 3.63) is 73.3 Å². The molecule has 0 amide bonds. The van der Waals surface area contributed by atoms with Gasteiger partial charge >= 0.3 is 124 Å². The molecule has 2 aromatic carbocycles. The quantitative estimate of drug-likeness (QED) is 0.382. The number of hydrogen-bond donors (Lipinski definition) is 0. The van der Waals surface area contributed by atoms with E-state index in [0.29, 0.717) is 0 Å². The molecule has 0 aromatic heterocycles. The fourth-order valence-corrected chi connectivity index (χ4v) is 7.05. The van der Waals surface area contributed by atoms with Crippen molar-refractivity contribution in [3.8, 4) is 0 Å². The molecule has 0 heterocycles. The van der Waals surface area contributed by atoms with Gasteiger partial charge in [0.15, 0.2) is 0 Å². The van der Waals surface area contributed by atoms with Gasteiger partial charge in [-0.2, -0.15) is 0 Å². The van der Waals surface area contributed by atoms with Gasteiger partial charge in [0.2, 0.25) is 0 Å². The average molecular weight is 405 g/mol. The molecule has 22 heavy (non-hydrogen) atoms. The van der Waals surface area contributed by atoms with E-state index < -0.39 is 20.6 Å². The zero-order chi connectivity index (χ0) is 16.0. The molecule has 0 spiro atoms. The third-order valence-electron chi connectivity index (χ3n) is 2.95. The molecule has 2 rings (SSSR count). The molecule has 0 N–H and O–H groups in total. The first kappa shape index (κ1) is 19.0. The Labute approximate surface area is 143 Å². The number of unbranched alkanes of at least 4 members (excludes halogenated alkanes) is 2. The van der Waals surface area contributed by atoms with Crippen LogP contribution in [-0.2, 0) is 3.02 Å². The molecule has 0 unspecified atom stereocenters. The molecule has 0 fully saturated rings. The van der Waals surface area contributed by atoms with Crippen LogP contribution < -0.4 is 7.02 Å². The summed E-state index contributed by atoms with van der Waals surface area (Å²) in [7, 11) is 0. The van der Waals surface area contributed by atoms with Crippen LogP contribution in [0.5, 0.6) is 0 Å². The van der Waals surface area contributed by atoms with Gasteiger partial charge in [0.05, 0.1) is 0 Å². The van der Waals surface area contributed by atoms with E-state index in [2.05, 4.69) is 74.2 Å². The third-order valence-corrected chi connectivity index (χ3v) is 8.59. The van der Waals surface area contributed by atoms with Crippen LogP contribution in [0.15, 0.2) is 73.3 Å². The molecule has 0 bridgehead atoms. The van der Waals surface area contributed by atoms with Gasteiger partial charge in [0, 0.05) is 0 Å². The van der Waals surface area contributed by atoms with Crippen molar-refractivity contribution in [1.82, 2.24) is 0 Å². The van der Waals surface area contributed by atoms with Gasteiger partial charge < -0.3 is 0 Å². The number of hydrogen-bond acceptors (Lipinski definition) is 1. The first-order valence-corrected chi connectivity index (χ1v) is 11.5. The van der Waals surface area contributed by atoms with Crippen molar-refractivity contribution in [2.24, 2.45) is 0 Å². The van der Waals surface area contributed by atoms with E-state index in [9.17, 15) is 0 Å². The zero-order valence-corrected chi connectivity index (χ0v) is 16.3. The van der Waals surface area contributed by atoms with E-state index in [0.717, 1.165) is 6.61 Å². The molecule has 2 aromatic rings. The SMILES string of the molecule is C=CC.CCCCC[O][Sb]([c]1ccccc1)[c]1ccccc1. The second-order valence-electron chi connectivity index (χ2n) is 4.91. The van der Waals surface area contributed by atoms with Crippen LogP contribution in [0.4, 0.5) is 0 Å². The Balaban J connectivity index is 0.000000745. The summed E-state index contributed by atoms with van der Waals surface area (Å²) in [5.41, 5.74) is 0. The Morgan fingerprint density at radius 2 is 1.36 bits per heavy atom. The monoisotopic (exact) mass is 404 g/mol. The number of benzene rings is 2. The molecule has 118 valence electrons. The fourth-order valence-electron chi connectivity index (χ4n) is 1.93. The Hall–Kier alpha value is -1.04. The van der Waals surface area contributed by atoms with Crippen molar-refractivity contribution in [1.29, 1.82) is 0 Å². The average Bonchev–Trinajstić information content (AvgIpc) is 2.57. The second kappa shape index (κ2) is 12.5. The number of allylic oxidation sites excluding steroid dienone is 1. The van der Waals surface area contributed by atoms with Crippen LogP contribution in [0.1, 0.15) is 33.1 Å². The van der Waals surface area contributed by atoms with Crippen molar-refractivity contribution < 1.29 is 3.02 Å². The van der Waals surface area contributed by atoms with E-state index in [-0.39, 0.29) is 0 Å².